The van der Waals surface area contributed by atoms with E-state index in [4.69, 9.17) is 10.00 Å². The Hall–Kier alpha value is -1.60. The molecule has 0 N–H and O–H groups in total. The number of hydrogen-bond donors (Lipinski definition) is 0. The number of hydrogen-bond acceptors (Lipinski definition) is 3. The van der Waals surface area contributed by atoms with E-state index in [1.165, 1.54) is 6.07 Å². The molecule has 1 aliphatic heterocycles. The molecule has 0 bridgehead atoms. The zero-order chi connectivity index (χ0) is 13.0. The van der Waals surface area contributed by atoms with E-state index >= 15 is 0 Å². The molecule has 1 aromatic rings. The molecular formula is C14H17FN2O. The van der Waals surface area contributed by atoms with Gasteiger partial charge in [-0.05, 0) is 37.0 Å². The van der Waals surface area contributed by atoms with Crippen LogP contribution in [-0.2, 0) is 4.74 Å². The van der Waals surface area contributed by atoms with Crippen molar-refractivity contribution in [3.63, 3.8) is 0 Å². The summed E-state index contributed by atoms with van der Waals surface area (Å²) in [5, 5.41) is 8.73. The molecule has 1 fully saturated rings. The summed E-state index contributed by atoms with van der Waals surface area (Å²) in [5.41, 5.74) is 0.955. The van der Waals surface area contributed by atoms with Gasteiger partial charge in [-0.15, -0.1) is 0 Å². The first-order chi connectivity index (χ1) is 8.74. The number of rotatable bonds is 3. The van der Waals surface area contributed by atoms with Crippen molar-refractivity contribution >= 4 is 5.69 Å². The maximum absolute atomic E-state index is 13.9. The first-order valence-electron chi connectivity index (χ1n) is 6.18. The highest BCUT2D eigenvalue weighted by molar-refractivity contribution is 5.51. The smallest absolute Gasteiger partial charge is 0.147 e. The van der Waals surface area contributed by atoms with E-state index in [1.807, 2.05) is 11.0 Å². The van der Waals surface area contributed by atoms with Crippen LogP contribution in [0.1, 0.15) is 18.4 Å². The number of nitrogens with zero attached hydrogens (tertiary/aromatic N) is 2. The number of piperidine rings is 1. The van der Waals surface area contributed by atoms with Crippen LogP contribution in [0.4, 0.5) is 10.1 Å². The van der Waals surface area contributed by atoms with Crippen LogP contribution in [0.3, 0.4) is 0 Å². The highest BCUT2D eigenvalue weighted by Gasteiger charge is 2.22. The van der Waals surface area contributed by atoms with Crippen LogP contribution in [0, 0.1) is 23.1 Å². The average Bonchev–Trinajstić information content (AvgIpc) is 2.39. The fourth-order valence-corrected chi connectivity index (χ4v) is 2.49. The third-order valence-corrected chi connectivity index (χ3v) is 3.34. The summed E-state index contributed by atoms with van der Waals surface area (Å²) >= 11 is 0. The maximum Gasteiger partial charge on any atom is 0.147 e. The van der Waals surface area contributed by atoms with Gasteiger partial charge in [-0.3, -0.25) is 0 Å². The van der Waals surface area contributed by atoms with Crippen molar-refractivity contribution < 1.29 is 9.13 Å². The molecule has 4 heteroatoms. The monoisotopic (exact) mass is 248 g/mol. The molecule has 0 saturated carbocycles. The highest BCUT2D eigenvalue weighted by atomic mass is 19.1. The minimum absolute atomic E-state index is 0.313. The van der Waals surface area contributed by atoms with Crippen LogP contribution < -0.4 is 4.90 Å². The predicted octanol–water partition coefficient (Wildman–Crippen LogP) is 2.56. The molecule has 1 saturated heterocycles. The standard InChI is InChI=1S/C14H17FN2O/c1-18-10-12-3-2-6-17(9-12)14-5-4-11(8-16)7-13(14)15/h4-5,7,12H,2-3,6,9-10H2,1H3. The van der Waals surface area contributed by atoms with E-state index in [0.29, 0.717) is 23.8 Å². The lowest BCUT2D eigenvalue weighted by atomic mass is 9.98. The Balaban J connectivity index is 2.13. The third kappa shape index (κ3) is 2.80. The molecule has 96 valence electrons. The van der Waals surface area contributed by atoms with E-state index in [1.54, 1.807) is 19.2 Å². The fourth-order valence-electron chi connectivity index (χ4n) is 2.49. The van der Waals surface area contributed by atoms with Gasteiger partial charge in [0.1, 0.15) is 5.82 Å². The summed E-state index contributed by atoms with van der Waals surface area (Å²) < 4.78 is 19.1. The Labute approximate surface area is 107 Å². The summed E-state index contributed by atoms with van der Waals surface area (Å²) in [6.45, 7) is 2.40. The molecule has 1 unspecified atom stereocenters. The molecule has 1 heterocycles. The molecule has 1 aromatic carbocycles. The summed E-state index contributed by atoms with van der Waals surface area (Å²) in [6.07, 6.45) is 2.18. The minimum atomic E-state index is -0.313. The van der Waals surface area contributed by atoms with E-state index in [2.05, 4.69) is 0 Å². The van der Waals surface area contributed by atoms with Crippen molar-refractivity contribution in [2.75, 3.05) is 31.7 Å². The lowest BCUT2D eigenvalue weighted by molar-refractivity contribution is 0.143. The Kier molecular flexibility index (Phi) is 4.16. The third-order valence-electron chi connectivity index (χ3n) is 3.34. The predicted molar refractivity (Wildman–Crippen MR) is 67.9 cm³/mol. The lowest BCUT2D eigenvalue weighted by Gasteiger charge is -2.34. The van der Waals surface area contributed by atoms with E-state index in [0.717, 1.165) is 25.9 Å². The first-order valence-corrected chi connectivity index (χ1v) is 6.18. The number of anilines is 1. The van der Waals surface area contributed by atoms with Crippen LogP contribution in [0.25, 0.3) is 0 Å². The summed E-state index contributed by atoms with van der Waals surface area (Å²) in [4.78, 5) is 2.05. The number of nitriles is 1. The van der Waals surface area contributed by atoms with Gasteiger partial charge in [0.25, 0.3) is 0 Å². The van der Waals surface area contributed by atoms with Crippen molar-refractivity contribution in [3.8, 4) is 6.07 Å². The molecule has 0 spiro atoms. The average molecular weight is 248 g/mol. The van der Waals surface area contributed by atoms with Crippen LogP contribution >= 0.6 is 0 Å². The Morgan fingerprint density at radius 1 is 1.56 bits per heavy atom. The first kappa shape index (κ1) is 12.8. The van der Waals surface area contributed by atoms with Crippen molar-refractivity contribution in [2.45, 2.75) is 12.8 Å². The number of methoxy groups -OCH3 is 1. The SMILES string of the molecule is COCC1CCCN(c2ccc(C#N)cc2F)C1. The van der Waals surface area contributed by atoms with Gasteiger partial charge in [-0.2, -0.15) is 5.26 Å². The molecule has 0 aromatic heterocycles. The fraction of sp³-hybridized carbons (Fsp3) is 0.500. The van der Waals surface area contributed by atoms with E-state index < -0.39 is 0 Å². The molecule has 18 heavy (non-hydrogen) atoms. The summed E-state index contributed by atoms with van der Waals surface area (Å²) in [5.74, 6) is 0.144. The van der Waals surface area contributed by atoms with Gasteiger partial charge >= 0.3 is 0 Å². The minimum Gasteiger partial charge on any atom is -0.384 e. The molecule has 0 radical (unpaired) electrons. The van der Waals surface area contributed by atoms with Gasteiger partial charge in [-0.25, -0.2) is 4.39 Å². The number of halogens is 1. The molecule has 1 aliphatic rings. The normalized spacial score (nSPS) is 19.6. The van der Waals surface area contributed by atoms with Gasteiger partial charge in [0.2, 0.25) is 0 Å². The Morgan fingerprint density at radius 2 is 2.39 bits per heavy atom. The maximum atomic E-state index is 13.9. The van der Waals surface area contributed by atoms with Crippen molar-refractivity contribution in [3.05, 3.63) is 29.6 Å². The van der Waals surface area contributed by atoms with Gasteiger partial charge in [0.05, 0.1) is 23.9 Å². The zero-order valence-electron chi connectivity index (χ0n) is 10.5. The van der Waals surface area contributed by atoms with Crippen LogP contribution in [0.15, 0.2) is 18.2 Å². The molecule has 0 amide bonds. The largest absolute Gasteiger partial charge is 0.384 e. The van der Waals surface area contributed by atoms with Crippen LogP contribution in [0.2, 0.25) is 0 Å². The number of ether oxygens (including phenoxy) is 1. The topological polar surface area (TPSA) is 36.3 Å². The van der Waals surface area contributed by atoms with E-state index in [-0.39, 0.29) is 5.82 Å². The molecule has 0 aliphatic carbocycles. The second-order valence-corrected chi connectivity index (χ2v) is 4.69. The Bertz CT molecular complexity index is 454. The summed E-state index contributed by atoms with van der Waals surface area (Å²) in [6, 6.07) is 6.61. The van der Waals surface area contributed by atoms with Gasteiger partial charge in [-0.1, -0.05) is 0 Å². The van der Waals surface area contributed by atoms with Crippen LogP contribution in [-0.4, -0.2) is 26.8 Å². The van der Waals surface area contributed by atoms with Gasteiger partial charge < -0.3 is 9.64 Å². The number of benzene rings is 1. The highest BCUT2D eigenvalue weighted by Crippen LogP contribution is 2.26. The quantitative estimate of drug-likeness (QED) is 0.824. The summed E-state index contributed by atoms with van der Waals surface area (Å²) in [7, 11) is 1.70. The molecule has 3 nitrogen and oxygen atoms in total. The second-order valence-electron chi connectivity index (χ2n) is 4.69. The van der Waals surface area contributed by atoms with Gasteiger partial charge in [0, 0.05) is 20.2 Å². The molecule has 2 rings (SSSR count). The molecule has 1 atom stereocenters. The second kappa shape index (κ2) is 5.83. The van der Waals surface area contributed by atoms with Crippen molar-refractivity contribution in [1.82, 2.24) is 0 Å². The van der Waals surface area contributed by atoms with Crippen LogP contribution in [0.5, 0.6) is 0 Å². The van der Waals surface area contributed by atoms with Crippen molar-refractivity contribution in [1.29, 1.82) is 5.26 Å². The lowest BCUT2D eigenvalue weighted by Crippen LogP contribution is -2.37. The van der Waals surface area contributed by atoms with Gasteiger partial charge in [0.15, 0.2) is 0 Å². The molecular weight excluding hydrogens is 231 g/mol. The van der Waals surface area contributed by atoms with Crippen molar-refractivity contribution in [2.24, 2.45) is 5.92 Å². The van der Waals surface area contributed by atoms with E-state index in [9.17, 15) is 4.39 Å². The Morgan fingerprint density at radius 3 is 3.06 bits per heavy atom. The zero-order valence-corrected chi connectivity index (χ0v) is 10.5.